The van der Waals surface area contributed by atoms with Gasteiger partial charge in [-0.05, 0) is 18.2 Å². The van der Waals surface area contributed by atoms with Crippen LogP contribution in [0.3, 0.4) is 0 Å². The Morgan fingerprint density at radius 3 is 2.57 bits per heavy atom. The van der Waals surface area contributed by atoms with Crippen molar-refractivity contribution in [3.05, 3.63) is 54.2 Å². The molecule has 3 rings (SSSR count). The van der Waals surface area contributed by atoms with Crippen LogP contribution in [0.2, 0.25) is 0 Å². The van der Waals surface area contributed by atoms with E-state index in [0.29, 0.717) is 18.1 Å². The summed E-state index contributed by atoms with van der Waals surface area (Å²) >= 11 is 0. The fourth-order valence-corrected chi connectivity index (χ4v) is 2.54. The Morgan fingerprint density at radius 1 is 1.05 bits per heavy atom. The van der Waals surface area contributed by atoms with E-state index in [1.807, 2.05) is 54.2 Å². The molecule has 0 aliphatic rings. The molecule has 1 N–H and O–H groups in total. The van der Waals surface area contributed by atoms with Crippen LogP contribution in [0.1, 0.15) is 5.56 Å². The number of hydrogen-bond donors (Lipinski definition) is 1. The Morgan fingerprint density at radius 2 is 1.81 bits per heavy atom. The Bertz CT molecular complexity index is 777. The summed E-state index contributed by atoms with van der Waals surface area (Å²) in [4.78, 5) is 0. The number of ether oxygens (including phenoxy) is 2. The van der Waals surface area contributed by atoms with Gasteiger partial charge in [0.2, 0.25) is 0 Å². The van der Waals surface area contributed by atoms with Crippen molar-refractivity contribution in [2.24, 2.45) is 7.05 Å². The van der Waals surface area contributed by atoms with Gasteiger partial charge in [0.25, 0.3) is 0 Å². The number of rotatable bonds is 4. The second-order valence-corrected chi connectivity index (χ2v) is 4.88. The maximum atomic E-state index is 9.95. The molecule has 0 atom stereocenters. The predicted molar refractivity (Wildman–Crippen MR) is 81.9 cm³/mol. The largest absolute Gasteiger partial charge is 0.506 e. The highest BCUT2D eigenvalue weighted by atomic mass is 16.5. The number of phenols is 1. The number of benzene rings is 2. The van der Waals surface area contributed by atoms with Gasteiger partial charge in [-0.15, -0.1) is 0 Å². The van der Waals surface area contributed by atoms with Crippen molar-refractivity contribution in [3.63, 3.8) is 0 Å². The second-order valence-electron chi connectivity index (χ2n) is 4.88. The van der Waals surface area contributed by atoms with Gasteiger partial charge in [-0.25, -0.2) is 0 Å². The summed E-state index contributed by atoms with van der Waals surface area (Å²) in [5.74, 6) is 1.69. The van der Waals surface area contributed by atoms with Crippen LogP contribution >= 0.6 is 0 Å². The Balaban J connectivity index is 1.91. The molecular formula is C17H17NO3. The summed E-state index contributed by atoms with van der Waals surface area (Å²) in [5.41, 5.74) is 1.84. The summed E-state index contributed by atoms with van der Waals surface area (Å²) in [6.45, 7) is 0.418. The molecule has 0 saturated carbocycles. The van der Waals surface area contributed by atoms with Crippen molar-refractivity contribution >= 4 is 10.9 Å². The molecule has 0 amide bonds. The lowest BCUT2D eigenvalue weighted by atomic mass is 10.2. The molecule has 0 aliphatic carbocycles. The highest BCUT2D eigenvalue weighted by Gasteiger charge is 2.11. The topological polar surface area (TPSA) is 43.6 Å². The predicted octanol–water partition coefficient (Wildman–Crippen LogP) is 3.47. The maximum absolute atomic E-state index is 9.95. The molecule has 4 heteroatoms. The number of hydrogen-bond acceptors (Lipinski definition) is 3. The average molecular weight is 283 g/mol. The third-order valence-electron chi connectivity index (χ3n) is 3.52. The van der Waals surface area contributed by atoms with Crippen LogP contribution in [-0.2, 0) is 13.7 Å². The van der Waals surface area contributed by atoms with Crippen LogP contribution in [0, 0.1) is 0 Å². The summed E-state index contributed by atoms with van der Waals surface area (Å²) in [7, 11) is 3.53. The summed E-state index contributed by atoms with van der Waals surface area (Å²) in [6.07, 6.45) is 1.97. The molecule has 2 aromatic carbocycles. The Hall–Kier alpha value is -2.62. The molecule has 1 aromatic heterocycles. The van der Waals surface area contributed by atoms with Crippen molar-refractivity contribution in [1.29, 1.82) is 0 Å². The van der Waals surface area contributed by atoms with E-state index in [1.54, 1.807) is 13.2 Å². The molecule has 21 heavy (non-hydrogen) atoms. The van der Waals surface area contributed by atoms with E-state index in [4.69, 9.17) is 9.47 Å². The van der Waals surface area contributed by atoms with Gasteiger partial charge < -0.3 is 19.1 Å². The zero-order chi connectivity index (χ0) is 14.8. The van der Waals surface area contributed by atoms with Crippen molar-refractivity contribution in [3.8, 4) is 17.2 Å². The first-order valence-corrected chi connectivity index (χ1v) is 6.72. The van der Waals surface area contributed by atoms with Crippen molar-refractivity contribution in [2.75, 3.05) is 7.11 Å². The number of methoxy groups -OCH3 is 1. The van der Waals surface area contributed by atoms with E-state index in [-0.39, 0.29) is 5.75 Å². The zero-order valence-electron chi connectivity index (χ0n) is 12.0. The third-order valence-corrected chi connectivity index (χ3v) is 3.52. The fraction of sp³-hybridized carbons (Fsp3) is 0.176. The molecule has 0 aliphatic heterocycles. The number of nitrogens with zero attached hydrogens (tertiary/aromatic N) is 1. The smallest absolute Gasteiger partial charge is 0.161 e. The summed E-state index contributed by atoms with van der Waals surface area (Å²) < 4.78 is 13.0. The SMILES string of the molecule is COc1ccccc1OCc1cn(C)c2c(O)cccc12. The quantitative estimate of drug-likeness (QED) is 0.797. The van der Waals surface area contributed by atoms with Crippen molar-refractivity contribution in [2.45, 2.75) is 6.61 Å². The summed E-state index contributed by atoms with van der Waals surface area (Å²) in [5, 5.41) is 10.9. The maximum Gasteiger partial charge on any atom is 0.161 e. The molecule has 0 fully saturated rings. The lowest BCUT2D eigenvalue weighted by Gasteiger charge is -2.09. The average Bonchev–Trinajstić information content (AvgIpc) is 2.83. The molecule has 3 aromatic rings. The number of aromatic hydroxyl groups is 1. The van der Waals surface area contributed by atoms with Gasteiger partial charge in [0.1, 0.15) is 12.4 Å². The molecule has 0 unspecified atom stereocenters. The van der Waals surface area contributed by atoms with Crippen LogP contribution in [0.4, 0.5) is 0 Å². The van der Waals surface area contributed by atoms with E-state index in [1.165, 1.54) is 0 Å². The molecule has 0 saturated heterocycles. The highest BCUT2D eigenvalue weighted by Crippen LogP contribution is 2.31. The van der Waals surface area contributed by atoms with Gasteiger partial charge in [0, 0.05) is 24.2 Å². The van der Waals surface area contributed by atoms with Crippen LogP contribution in [0.15, 0.2) is 48.7 Å². The first-order chi connectivity index (χ1) is 10.2. The normalized spacial score (nSPS) is 10.8. The lowest BCUT2D eigenvalue weighted by Crippen LogP contribution is -1.97. The van der Waals surface area contributed by atoms with E-state index >= 15 is 0 Å². The van der Waals surface area contributed by atoms with Gasteiger partial charge in [0.05, 0.1) is 12.6 Å². The Labute approximate surface area is 123 Å². The Kier molecular flexibility index (Phi) is 3.44. The molecule has 0 bridgehead atoms. The van der Waals surface area contributed by atoms with E-state index in [9.17, 15) is 5.11 Å². The first-order valence-electron chi connectivity index (χ1n) is 6.72. The van der Waals surface area contributed by atoms with Gasteiger partial charge >= 0.3 is 0 Å². The lowest BCUT2D eigenvalue weighted by molar-refractivity contribution is 0.285. The van der Waals surface area contributed by atoms with E-state index in [0.717, 1.165) is 16.5 Å². The molecule has 0 radical (unpaired) electrons. The molecule has 0 spiro atoms. The standard InChI is InChI=1S/C17H17NO3/c1-18-10-12(13-6-5-7-14(19)17(13)18)11-21-16-9-4-3-8-15(16)20-2/h3-10,19H,11H2,1-2H3. The molecule has 4 nitrogen and oxygen atoms in total. The number of para-hydroxylation sites is 3. The molecular weight excluding hydrogens is 266 g/mol. The van der Waals surface area contributed by atoms with Gasteiger partial charge in [-0.3, -0.25) is 0 Å². The van der Waals surface area contributed by atoms with Crippen LogP contribution < -0.4 is 9.47 Å². The fourth-order valence-electron chi connectivity index (χ4n) is 2.54. The number of phenolic OH excluding ortho intramolecular Hbond substituents is 1. The van der Waals surface area contributed by atoms with Crippen LogP contribution in [-0.4, -0.2) is 16.8 Å². The molecule has 108 valence electrons. The number of aryl methyl sites for hydroxylation is 1. The zero-order valence-corrected chi connectivity index (χ0v) is 12.0. The number of fused-ring (bicyclic) bond motifs is 1. The summed E-state index contributed by atoms with van der Waals surface area (Å²) in [6, 6.07) is 13.1. The highest BCUT2D eigenvalue weighted by molar-refractivity contribution is 5.88. The van der Waals surface area contributed by atoms with Gasteiger partial charge in [0.15, 0.2) is 11.5 Å². The van der Waals surface area contributed by atoms with Crippen LogP contribution in [0.25, 0.3) is 10.9 Å². The van der Waals surface area contributed by atoms with Gasteiger partial charge in [-0.1, -0.05) is 24.3 Å². The van der Waals surface area contributed by atoms with Crippen molar-refractivity contribution in [1.82, 2.24) is 4.57 Å². The monoisotopic (exact) mass is 283 g/mol. The van der Waals surface area contributed by atoms with E-state index < -0.39 is 0 Å². The second kappa shape index (κ2) is 5.40. The van der Waals surface area contributed by atoms with E-state index in [2.05, 4.69) is 0 Å². The molecule has 1 heterocycles. The third kappa shape index (κ3) is 2.40. The minimum Gasteiger partial charge on any atom is -0.506 e. The van der Waals surface area contributed by atoms with Crippen molar-refractivity contribution < 1.29 is 14.6 Å². The first kappa shape index (κ1) is 13.4. The minimum atomic E-state index is 0.276. The van der Waals surface area contributed by atoms with Gasteiger partial charge in [-0.2, -0.15) is 0 Å². The minimum absolute atomic E-state index is 0.276. The number of aromatic nitrogens is 1. The van der Waals surface area contributed by atoms with Crippen LogP contribution in [0.5, 0.6) is 17.2 Å².